The number of carbonyl (C=O) groups is 1. The zero-order chi connectivity index (χ0) is 11.6. The molecule has 0 radical (unpaired) electrons. The summed E-state index contributed by atoms with van der Waals surface area (Å²) in [6.07, 6.45) is 1.95. The van der Waals surface area contributed by atoms with E-state index in [0.717, 1.165) is 12.8 Å². The highest BCUT2D eigenvalue weighted by Crippen LogP contribution is 2.01. The maximum absolute atomic E-state index is 11.1. The second-order valence-corrected chi connectivity index (χ2v) is 3.29. The summed E-state index contributed by atoms with van der Waals surface area (Å²) in [6.45, 7) is 10.4. The molecule has 0 heterocycles. The Bertz CT molecular complexity index is 135. The van der Waals surface area contributed by atoms with Gasteiger partial charge in [-0.25, -0.2) is 0 Å². The quantitative estimate of drug-likeness (QED) is 0.551. The highest BCUT2D eigenvalue weighted by molar-refractivity contribution is 5.75. The number of nitrogens with two attached hydrogens (primary N) is 1. The number of ether oxygens (including phenoxy) is 1. The first-order valence-corrected chi connectivity index (χ1v) is 5.51. The molecule has 0 spiro atoms. The van der Waals surface area contributed by atoms with Gasteiger partial charge < -0.3 is 10.5 Å². The van der Waals surface area contributed by atoms with E-state index in [1.54, 1.807) is 0 Å². The third kappa shape index (κ3) is 8.05. The molecule has 0 saturated heterocycles. The van der Waals surface area contributed by atoms with Crippen LogP contribution in [0.25, 0.3) is 0 Å². The van der Waals surface area contributed by atoms with Crippen molar-refractivity contribution in [1.29, 1.82) is 0 Å². The summed E-state index contributed by atoms with van der Waals surface area (Å²) in [5.74, 6) is -0.127. The molecule has 0 rings (SSSR count). The van der Waals surface area contributed by atoms with Crippen LogP contribution >= 0.6 is 0 Å². The lowest BCUT2D eigenvalue weighted by atomic mass is 10.1. The molecule has 0 aromatic carbocycles. The van der Waals surface area contributed by atoms with Crippen molar-refractivity contribution in [2.75, 3.05) is 6.61 Å². The predicted molar refractivity (Wildman–Crippen MR) is 60.0 cm³/mol. The van der Waals surface area contributed by atoms with Crippen LogP contribution in [0.5, 0.6) is 0 Å². The maximum Gasteiger partial charge on any atom is 0.323 e. The average molecular weight is 203 g/mol. The molecule has 0 aliphatic carbocycles. The van der Waals surface area contributed by atoms with E-state index in [1.165, 1.54) is 0 Å². The molecular formula is C11H25NO2. The largest absolute Gasteiger partial charge is 0.465 e. The van der Waals surface area contributed by atoms with Gasteiger partial charge >= 0.3 is 5.97 Å². The molecule has 0 aromatic heterocycles. The van der Waals surface area contributed by atoms with Crippen molar-refractivity contribution in [3.8, 4) is 0 Å². The van der Waals surface area contributed by atoms with E-state index in [1.807, 2.05) is 27.7 Å². The number of carbonyl (C=O) groups excluding carboxylic acids is 1. The number of hydrogen-bond donors (Lipinski definition) is 1. The lowest BCUT2D eigenvalue weighted by Crippen LogP contribution is -2.37. The van der Waals surface area contributed by atoms with Crippen molar-refractivity contribution in [1.82, 2.24) is 0 Å². The molecule has 0 saturated carbocycles. The van der Waals surface area contributed by atoms with Gasteiger partial charge in [0.05, 0.1) is 6.61 Å². The molecule has 0 aliphatic heterocycles. The van der Waals surface area contributed by atoms with Crippen LogP contribution in [0.15, 0.2) is 0 Å². The van der Waals surface area contributed by atoms with Gasteiger partial charge in [-0.1, -0.05) is 41.0 Å². The highest BCUT2D eigenvalue weighted by atomic mass is 16.5. The number of unbranched alkanes of at least 4 members (excludes halogenated alkanes) is 1. The Labute approximate surface area is 88.0 Å². The third-order valence-electron chi connectivity index (χ3n) is 1.73. The number of rotatable bonds is 5. The van der Waals surface area contributed by atoms with Gasteiger partial charge in [0.2, 0.25) is 0 Å². The molecule has 0 fully saturated rings. The Kier molecular flexibility index (Phi) is 11.9. The molecule has 0 aromatic rings. The zero-order valence-corrected chi connectivity index (χ0v) is 10.2. The van der Waals surface area contributed by atoms with Gasteiger partial charge in [-0.05, 0) is 12.3 Å². The monoisotopic (exact) mass is 203 g/mol. The Morgan fingerprint density at radius 2 is 1.86 bits per heavy atom. The molecule has 14 heavy (non-hydrogen) atoms. The predicted octanol–water partition coefficient (Wildman–Crippen LogP) is 2.34. The third-order valence-corrected chi connectivity index (χ3v) is 1.73. The van der Waals surface area contributed by atoms with E-state index in [4.69, 9.17) is 10.5 Å². The van der Waals surface area contributed by atoms with Gasteiger partial charge in [0.25, 0.3) is 0 Å². The molecule has 1 unspecified atom stereocenters. The van der Waals surface area contributed by atoms with Gasteiger partial charge in [-0.2, -0.15) is 0 Å². The van der Waals surface area contributed by atoms with Crippen molar-refractivity contribution >= 4 is 5.97 Å². The molecule has 2 N–H and O–H groups in total. The lowest BCUT2D eigenvalue weighted by Gasteiger charge is -2.13. The number of hydrogen-bond acceptors (Lipinski definition) is 3. The van der Waals surface area contributed by atoms with Gasteiger partial charge in [0.15, 0.2) is 0 Å². The summed E-state index contributed by atoms with van der Waals surface area (Å²) >= 11 is 0. The first-order valence-electron chi connectivity index (χ1n) is 5.51. The maximum atomic E-state index is 11.1. The van der Waals surface area contributed by atoms with Gasteiger partial charge in [-0.15, -0.1) is 0 Å². The minimum absolute atomic E-state index is 0.152. The van der Waals surface area contributed by atoms with E-state index in [2.05, 4.69) is 6.92 Å². The molecule has 0 amide bonds. The van der Waals surface area contributed by atoms with Crippen molar-refractivity contribution < 1.29 is 9.53 Å². The van der Waals surface area contributed by atoms with Gasteiger partial charge in [0.1, 0.15) is 6.04 Å². The van der Waals surface area contributed by atoms with E-state index in [0.29, 0.717) is 6.61 Å². The molecule has 3 nitrogen and oxygen atoms in total. The summed E-state index contributed by atoms with van der Waals surface area (Å²) in [5, 5.41) is 0. The zero-order valence-electron chi connectivity index (χ0n) is 10.2. The van der Waals surface area contributed by atoms with Crippen molar-refractivity contribution in [3.63, 3.8) is 0 Å². The van der Waals surface area contributed by atoms with E-state index in [9.17, 15) is 4.79 Å². The normalized spacial score (nSPS) is 11.6. The number of esters is 1. The second-order valence-electron chi connectivity index (χ2n) is 3.29. The second kappa shape index (κ2) is 10.5. The highest BCUT2D eigenvalue weighted by Gasteiger charge is 2.17. The molecule has 3 heteroatoms. The Balaban J connectivity index is 0. The Morgan fingerprint density at radius 3 is 2.21 bits per heavy atom. The van der Waals surface area contributed by atoms with Crippen LogP contribution in [0.3, 0.4) is 0 Å². The Hall–Kier alpha value is -0.570. The van der Waals surface area contributed by atoms with Crippen LogP contribution in [0.4, 0.5) is 0 Å². The fraction of sp³-hybridized carbons (Fsp3) is 0.909. The van der Waals surface area contributed by atoms with Gasteiger partial charge in [-0.3, -0.25) is 4.79 Å². The van der Waals surface area contributed by atoms with Crippen molar-refractivity contribution in [3.05, 3.63) is 0 Å². The summed E-state index contributed by atoms with van der Waals surface area (Å²) in [4.78, 5) is 11.1. The molecule has 0 bridgehead atoms. The molecule has 1 atom stereocenters. The van der Waals surface area contributed by atoms with E-state index >= 15 is 0 Å². The van der Waals surface area contributed by atoms with Crippen LogP contribution < -0.4 is 5.73 Å². The van der Waals surface area contributed by atoms with Gasteiger partial charge in [0, 0.05) is 0 Å². The molecular weight excluding hydrogens is 178 g/mol. The SMILES string of the molecule is CC.CCCCOC(=O)C(N)C(C)C. The molecule has 0 aliphatic rings. The van der Waals surface area contributed by atoms with Crippen LogP contribution in [0.2, 0.25) is 0 Å². The first-order chi connectivity index (χ1) is 6.59. The van der Waals surface area contributed by atoms with Crippen LogP contribution in [0, 0.1) is 5.92 Å². The average Bonchev–Trinajstić information content (AvgIpc) is 2.19. The van der Waals surface area contributed by atoms with Crippen molar-refractivity contribution in [2.24, 2.45) is 11.7 Å². The van der Waals surface area contributed by atoms with Crippen molar-refractivity contribution in [2.45, 2.75) is 53.5 Å². The smallest absolute Gasteiger partial charge is 0.323 e. The lowest BCUT2D eigenvalue weighted by molar-refractivity contribution is -0.146. The minimum atomic E-state index is -0.471. The fourth-order valence-electron chi connectivity index (χ4n) is 0.685. The standard InChI is InChI=1S/C9H19NO2.C2H6/c1-4-5-6-12-9(11)8(10)7(2)3;1-2/h7-8H,4-6,10H2,1-3H3;1-2H3. The summed E-state index contributed by atoms with van der Waals surface area (Å²) < 4.78 is 4.94. The van der Waals surface area contributed by atoms with E-state index < -0.39 is 6.04 Å². The minimum Gasteiger partial charge on any atom is -0.465 e. The molecule has 86 valence electrons. The summed E-state index contributed by atoms with van der Waals surface area (Å²) in [7, 11) is 0. The van der Waals surface area contributed by atoms with Crippen LogP contribution in [-0.2, 0) is 9.53 Å². The summed E-state index contributed by atoms with van der Waals surface area (Å²) in [5.41, 5.74) is 5.57. The Morgan fingerprint density at radius 1 is 1.36 bits per heavy atom. The van der Waals surface area contributed by atoms with E-state index in [-0.39, 0.29) is 11.9 Å². The first kappa shape index (κ1) is 15.9. The van der Waals surface area contributed by atoms with Crippen LogP contribution in [0.1, 0.15) is 47.5 Å². The summed E-state index contributed by atoms with van der Waals surface area (Å²) in [6, 6.07) is -0.471. The topological polar surface area (TPSA) is 52.3 Å². The fourth-order valence-corrected chi connectivity index (χ4v) is 0.685. The van der Waals surface area contributed by atoms with Crippen LogP contribution in [-0.4, -0.2) is 18.6 Å².